The SMILES string of the molecule is CC1=Cc2ccccc2C12CCC(=O)CC2. The molecule has 0 bridgehead atoms. The minimum atomic E-state index is 0.185. The van der Waals surface area contributed by atoms with E-state index in [9.17, 15) is 4.79 Å². The molecule has 0 radical (unpaired) electrons. The van der Waals surface area contributed by atoms with Crippen molar-refractivity contribution in [1.82, 2.24) is 0 Å². The lowest BCUT2D eigenvalue weighted by Gasteiger charge is -2.36. The minimum Gasteiger partial charge on any atom is -0.300 e. The molecule has 0 amide bonds. The number of Topliss-reactive ketones (excluding diaryl/α,β-unsaturated/α-hetero) is 1. The molecule has 0 saturated heterocycles. The largest absolute Gasteiger partial charge is 0.300 e. The second kappa shape index (κ2) is 3.31. The van der Waals surface area contributed by atoms with Gasteiger partial charge in [0, 0.05) is 18.3 Å². The van der Waals surface area contributed by atoms with E-state index >= 15 is 0 Å². The molecule has 1 nitrogen and oxygen atoms in total. The first-order chi connectivity index (χ1) is 7.72. The van der Waals surface area contributed by atoms with Crippen LogP contribution in [0.2, 0.25) is 0 Å². The summed E-state index contributed by atoms with van der Waals surface area (Å²) in [7, 11) is 0. The molecule has 0 atom stereocenters. The first kappa shape index (κ1) is 9.83. The van der Waals surface area contributed by atoms with Gasteiger partial charge in [0.25, 0.3) is 0 Å². The summed E-state index contributed by atoms with van der Waals surface area (Å²) in [5, 5.41) is 0. The Kier molecular flexibility index (Phi) is 2.03. The van der Waals surface area contributed by atoms with Crippen molar-refractivity contribution in [2.75, 3.05) is 0 Å². The Morgan fingerprint density at radius 3 is 2.56 bits per heavy atom. The number of carbonyl (C=O) groups is 1. The molecule has 0 aromatic heterocycles. The standard InChI is InChI=1S/C15H16O/c1-11-10-12-4-2-3-5-14(12)15(11)8-6-13(16)7-9-15/h2-5,10H,6-9H2,1H3. The summed E-state index contributed by atoms with van der Waals surface area (Å²) in [5.41, 5.74) is 4.43. The van der Waals surface area contributed by atoms with Crippen LogP contribution in [0.25, 0.3) is 6.08 Å². The lowest BCUT2D eigenvalue weighted by Crippen LogP contribution is -2.31. The van der Waals surface area contributed by atoms with Crippen LogP contribution in [-0.2, 0) is 10.2 Å². The third-order valence-corrected chi connectivity index (χ3v) is 4.26. The lowest BCUT2D eigenvalue weighted by molar-refractivity contribution is -0.121. The highest BCUT2D eigenvalue weighted by atomic mass is 16.1. The molecule has 3 rings (SSSR count). The van der Waals surface area contributed by atoms with E-state index in [4.69, 9.17) is 0 Å². The van der Waals surface area contributed by atoms with E-state index in [1.54, 1.807) is 0 Å². The van der Waals surface area contributed by atoms with Crippen LogP contribution in [0.15, 0.2) is 29.8 Å². The molecule has 0 heterocycles. The molecular formula is C15H16O. The Balaban J connectivity index is 2.08. The maximum Gasteiger partial charge on any atom is 0.133 e. The first-order valence-electron chi connectivity index (χ1n) is 6.02. The first-order valence-corrected chi connectivity index (χ1v) is 6.02. The third kappa shape index (κ3) is 1.21. The van der Waals surface area contributed by atoms with Gasteiger partial charge in [-0.25, -0.2) is 0 Å². The quantitative estimate of drug-likeness (QED) is 0.643. The van der Waals surface area contributed by atoms with Crippen LogP contribution < -0.4 is 0 Å². The van der Waals surface area contributed by atoms with Gasteiger partial charge in [0.1, 0.15) is 5.78 Å². The molecule has 1 saturated carbocycles. The number of fused-ring (bicyclic) bond motifs is 2. The monoisotopic (exact) mass is 212 g/mol. The topological polar surface area (TPSA) is 17.1 Å². The van der Waals surface area contributed by atoms with Gasteiger partial charge in [0.05, 0.1) is 0 Å². The fourth-order valence-corrected chi connectivity index (χ4v) is 3.26. The maximum absolute atomic E-state index is 11.4. The zero-order chi connectivity index (χ0) is 11.2. The normalized spacial score (nSPS) is 22.1. The van der Waals surface area contributed by atoms with E-state index in [1.165, 1.54) is 16.7 Å². The summed E-state index contributed by atoms with van der Waals surface area (Å²) in [6.07, 6.45) is 5.81. The molecule has 0 unspecified atom stereocenters. The van der Waals surface area contributed by atoms with E-state index in [2.05, 4.69) is 37.3 Å². The van der Waals surface area contributed by atoms with Gasteiger partial charge in [0.2, 0.25) is 0 Å². The highest BCUT2D eigenvalue weighted by molar-refractivity contribution is 5.81. The summed E-state index contributed by atoms with van der Waals surface area (Å²) in [4.78, 5) is 11.4. The van der Waals surface area contributed by atoms with Gasteiger partial charge in [-0.15, -0.1) is 0 Å². The van der Waals surface area contributed by atoms with E-state index in [-0.39, 0.29) is 5.41 Å². The number of hydrogen-bond acceptors (Lipinski definition) is 1. The number of allylic oxidation sites excluding steroid dienone is 1. The van der Waals surface area contributed by atoms with Gasteiger partial charge in [-0.05, 0) is 30.9 Å². The van der Waals surface area contributed by atoms with Crippen LogP contribution in [0.5, 0.6) is 0 Å². The fourth-order valence-electron chi connectivity index (χ4n) is 3.26. The minimum absolute atomic E-state index is 0.185. The van der Waals surface area contributed by atoms with Crippen molar-refractivity contribution < 1.29 is 4.79 Å². The van der Waals surface area contributed by atoms with Crippen LogP contribution in [0, 0.1) is 0 Å². The third-order valence-electron chi connectivity index (χ3n) is 4.26. The van der Waals surface area contributed by atoms with Crippen LogP contribution in [0.3, 0.4) is 0 Å². The van der Waals surface area contributed by atoms with Crippen molar-refractivity contribution in [3.05, 3.63) is 41.0 Å². The fraction of sp³-hybridized carbons (Fsp3) is 0.400. The summed E-state index contributed by atoms with van der Waals surface area (Å²) >= 11 is 0. The molecule has 2 aliphatic carbocycles. The van der Waals surface area contributed by atoms with Gasteiger partial charge in [-0.3, -0.25) is 4.79 Å². The van der Waals surface area contributed by atoms with Gasteiger partial charge in [-0.1, -0.05) is 35.9 Å². The Morgan fingerprint density at radius 1 is 1.12 bits per heavy atom. The number of hydrogen-bond donors (Lipinski definition) is 0. The summed E-state index contributed by atoms with van der Waals surface area (Å²) in [6.45, 7) is 2.22. The van der Waals surface area contributed by atoms with Crippen LogP contribution in [0.4, 0.5) is 0 Å². The van der Waals surface area contributed by atoms with Crippen molar-refractivity contribution in [1.29, 1.82) is 0 Å². The molecule has 82 valence electrons. The molecule has 0 aliphatic heterocycles. The number of rotatable bonds is 0. The smallest absolute Gasteiger partial charge is 0.133 e. The molecule has 1 fully saturated rings. The Morgan fingerprint density at radius 2 is 1.81 bits per heavy atom. The van der Waals surface area contributed by atoms with Gasteiger partial charge >= 0.3 is 0 Å². The predicted octanol–water partition coefficient (Wildman–Crippen LogP) is 3.48. The molecule has 2 aliphatic rings. The van der Waals surface area contributed by atoms with Crippen LogP contribution in [0.1, 0.15) is 43.7 Å². The van der Waals surface area contributed by atoms with Gasteiger partial charge in [0.15, 0.2) is 0 Å². The van der Waals surface area contributed by atoms with Crippen molar-refractivity contribution in [3.8, 4) is 0 Å². The second-order valence-electron chi connectivity index (χ2n) is 5.04. The van der Waals surface area contributed by atoms with E-state index in [1.807, 2.05) is 0 Å². The molecule has 1 aromatic carbocycles. The zero-order valence-electron chi connectivity index (χ0n) is 9.62. The zero-order valence-corrected chi connectivity index (χ0v) is 9.62. The van der Waals surface area contributed by atoms with Crippen molar-refractivity contribution in [2.24, 2.45) is 0 Å². The predicted molar refractivity (Wildman–Crippen MR) is 65.2 cm³/mol. The number of ketones is 1. The Hall–Kier alpha value is -1.37. The summed E-state index contributed by atoms with van der Waals surface area (Å²) < 4.78 is 0. The Labute approximate surface area is 96.2 Å². The van der Waals surface area contributed by atoms with Gasteiger partial charge < -0.3 is 0 Å². The molecule has 1 heteroatoms. The van der Waals surface area contributed by atoms with Crippen molar-refractivity contribution in [2.45, 2.75) is 38.0 Å². The number of benzene rings is 1. The highest BCUT2D eigenvalue weighted by Crippen LogP contribution is 2.49. The molecule has 16 heavy (non-hydrogen) atoms. The molecule has 1 spiro atoms. The molecule has 0 N–H and O–H groups in total. The van der Waals surface area contributed by atoms with Crippen molar-refractivity contribution in [3.63, 3.8) is 0 Å². The lowest BCUT2D eigenvalue weighted by atomic mass is 9.67. The number of carbonyl (C=O) groups excluding carboxylic acids is 1. The summed E-state index contributed by atoms with van der Waals surface area (Å²) in [5.74, 6) is 0.433. The molecule has 1 aromatic rings. The maximum atomic E-state index is 11.4. The van der Waals surface area contributed by atoms with E-state index in [0.29, 0.717) is 5.78 Å². The van der Waals surface area contributed by atoms with E-state index in [0.717, 1.165) is 25.7 Å². The molecular weight excluding hydrogens is 196 g/mol. The van der Waals surface area contributed by atoms with Crippen LogP contribution >= 0.6 is 0 Å². The van der Waals surface area contributed by atoms with Gasteiger partial charge in [-0.2, -0.15) is 0 Å². The Bertz CT molecular complexity index is 472. The average molecular weight is 212 g/mol. The average Bonchev–Trinajstić information content (AvgIpc) is 2.57. The van der Waals surface area contributed by atoms with Crippen LogP contribution in [-0.4, -0.2) is 5.78 Å². The van der Waals surface area contributed by atoms with Crippen molar-refractivity contribution >= 4 is 11.9 Å². The summed E-state index contributed by atoms with van der Waals surface area (Å²) in [6, 6.07) is 8.63. The second-order valence-corrected chi connectivity index (χ2v) is 5.04. The highest BCUT2D eigenvalue weighted by Gasteiger charge is 2.41. The van der Waals surface area contributed by atoms with E-state index < -0.39 is 0 Å².